The third-order valence-corrected chi connectivity index (χ3v) is 7.12. The van der Waals surface area contributed by atoms with Crippen LogP contribution in [0.15, 0.2) is 46.7 Å². The Hall–Kier alpha value is -3.32. The summed E-state index contributed by atoms with van der Waals surface area (Å²) in [5, 5.41) is 10.9. The largest absolute Gasteiger partial charge is 0.434 e. The number of fused-ring (bicyclic) bond motifs is 1. The molecule has 1 aliphatic heterocycles. The zero-order valence-corrected chi connectivity index (χ0v) is 20.3. The molecule has 1 saturated heterocycles. The number of nitrogens with one attached hydrogen (secondary N) is 2. The Labute approximate surface area is 209 Å². The Morgan fingerprint density at radius 1 is 1.00 bits per heavy atom. The Kier molecular flexibility index (Phi) is 5.75. The molecule has 1 aliphatic carbocycles. The molecule has 13 heteroatoms. The summed E-state index contributed by atoms with van der Waals surface area (Å²) in [5.41, 5.74) is 0.226. The van der Waals surface area contributed by atoms with Crippen molar-refractivity contribution in [2.24, 2.45) is 0 Å². The number of rotatable bonds is 6. The summed E-state index contributed by atoms with van der Waals surface area (Å²) in [4.78, 5) is 18.6. The molecular formula is C23H24F3N9S. The molecule has 4 aromatic heterocycles. The van der Waals surface area contributed by atoms with Crippen LogP contribution in [0.5, 0.6) is 0 Å². The minimum absolute atomic E-state index is 0.228. The molecule has 4 aromatic rings. The smallest absolute Gasteiger partial charge is 0.354 e. The first-order chi connectivity index (χ1) is 17.3. The van der Waals surface area contributed by atoms with Crippen LogP contribution in [0.2, 0.25) is 0 Å². The number of hydrogen-bond donors (Lipinski definition) is 2. The molecule has 1 saturated carbocycles. The summed E-state index contributed by atoms with van der Waals surface area (Å²) >= 11 is 1.29. The molecule has 0 aromatic carbocycles. The molecule has 0 unspecified atom stereocenters. The number of aromatic amines is 1. The number of alkyl halides is 3. The second-order valence-electron chi connectivity index (χ2n) is 9.07. The second-order valence-corrected chi connectivity index (χ2v) is 10.1. The van der Waals surface area contributed by atoms with Gasteiger partial charge in [-0.3, -0.25) is 10.00 Å². The van der Waals surface area contributed by atoms with Gasteiger partial charge in [0.15, 0.2) is 16.7 Å². The van der Waals surface area contributed by atoms with Crippen molar-refractivity contribution in [1.29, 1.82) is 0 Å². The van der Waals surface area contributed by atoms with Gasteiger partial charge in [-0.1, -0.05) is 0 Å². The van der Waals surface area contributed by atoms with Gasteiger partial charge in [0.2, 0.25) is 0 Å². The van der Waals surface area contributed by atoms with Crippen molar-refractivity contribution in [1.82, 2.24) is 34.4 Å². The molecule has 0 amide bonds. The van der Waals surface area contributed by atoms with E-state index in [1.165, 1.54) is 29.0 Å². The maximum atomic E-state index is 13.1. The highest BCUT2D eigenvalue weighted by molar-refractivity contribution is 7.99. The van der Waals surface area contributed by atoms with E-state index in [-0.39, 0.29) is 5.65 Å². The summed E-state index contributed by atoms with van der Waals surface area (Å²) in [5.74, 6) is 2.05. The van der Waals surface area contributed by atoms with Crippen LogP contribution in [0.4, 0.5) is 30.6 Å². The molecule has 2 N–H and O–H groups in total. The van der Waals surface area contributed by atoms with Crippen molar-refractivity contribution in [2.75, 3.05) is 36.4 Å². The highest BCUT2D eigenvalue weighted by atomic mass is 32.2. The van der Waals surface area contributed by atoms with E-state index in [2.05, 4.69) is 35.3 Å². The minimum atomic E-state index is -4.49. The predicted octanol–water partition coefficient (Wildman–Crippen LogP) is 4.35. The van der Waals surface area contributed by atoms with E-state index >= 15 is 0 Å². The minimum Gasteiger partial charge on any atom is -0.354 e. The SMILES string of the molecule is Cc1cc(Nc2cc(N3CCN(C4CC4)CC3)nc(Sc3ccc4nc(C(F)(F)F)cn4c3)n2)n[nH]1. The number of halogens is 3. The van der Waals surface area contributed by atoms with E-state index in [9.17, 15) is 13.2 Å². The third-order valence-electron chi connectivity index (χ3n) is 6.28. The number of imidazole rings is 1. The monoisotopic (exact) mass is 515 g/mol. The van der Waals surface area contributed by atoms with Gasteiger partial charge in [-0.05, 0) is 43.7 Å². The Bertz CT molecular complexity index is 1390. The quantitative estimate of drug-likeness (QED) is 0.367. The fourth-order valence-corrected chi connectivity index (χ4v) is 5.12. The number of aryl methyl sites for hydroxylation is 1. The lowest BCUT2D eigenvalue weighted by Crippen LogP contribution is -2.47. The molecule has 9 nitrogen and oxygen atoms in total. The first-order valence-corrected chi connectivity index (χ1v) is 12.5. The maximum Gasteiger partial charge on any atom is 0.434 e. The predicted molar refractivity (Wildman–Crippen MR) is 130 cm³/mol. The van der Waals surface area contributed by atoms with Crippen molar-refractivity contribution < 1.29 is 13.2 Å². The van der Waals surface area contributed by atoms with Gasteiger partial charge in [-0.25, -0.2) is 15.0 Å². The van der Waals surface area contributed by atoms with Crippen LogP contribution in [-0.4, -0.2) is 66.7 Å². The molecule has 2 aliphatic rings. The molecular weight excluding hydrogens is 491 g/mol. The second kappa shape index (κ2) is 8.96. The van der Waals surface area contributed by atoms with E-state index in [1.807, 2.05) is 19.1 Å². The van der Waals surface area contributed by atoms with Crippen LogP contribution >= 0.6 is 11.8 Å². The van der Waals surface area contributed by atoms with Gasteiger partial charge in [-0.2, -0.15) is 18.3 Å². The van der Waals surface area contributed by atoms with Crippen molar-refractivity contribution in [3.63, 3.8) is 0 Å². The first kappa shape index (κ1) is 23.1. The standard InChI is InChI=1S/C23H24F3N9S/c1-14-10-19(32-31-14)28-18-11-21(34-8-6-33(7-9-34)15-2-3-15)30-22(29-18)36-16-4-5-20-27-17(23(24,25)26)13-35(20)12-16/h4-5,10-13,15H,2-3,6-9H2,1H3,(H2,28,29,30,31,32). The zero-order chi connectivity index (χ0) is 24.9. The van der Waals surface area contributed by atoms with Crippen LogP contribution in [0.1, 0.15) is 24.2 Å². The van der Waals surface area contributed by atoms with Crippen molar-refractivity contribution in [2.45, 2.75) is 42.0 Å². The number of aromatic nitrogens is 6. The highest BCUT2D eigenvalue weighted by Crippen LogP contribution is 2.33. The van der Waals surface area contributed by atoms with Crippen molar-refractivity contribution >= 4 is 34.9 Å². The van der Waals surface area contributed by atoms with Crippen LogP contribution in [0.25, 0.3) is 5.65 Å². The molecule has 6 rings (SSSR count). The summed E-state index contributed by atoms with van der Waals surface area (Å²) < 4.78 is 40.6. The van der Waals surface area contributed by atoms with Crippen molar-refractivity contribution in [3.8, 4) is 0 Å². The number of hydrogen-bond acceptors (Lipinski definition) is 8. The summed E-state index contributed by atoms with van der Waals surface area (Å²) in [6.07, 6.45) is 0.680. The molecule has 0 bridgehead atoms. The lowest BCUT2D eigenvalue weighted by molar-refractivity contribution is -0.140. The number of pyridine rings is 1. The topological polar surface area (TPSA) is 90.3 Å². The molecule has 188 valence electrons. The third kappa shape index (κ3) is 4.98. The normalized spacial score (nSPS) is 17.2. The molecule has 36 heavy (non-hydrogen) atoms. The van der Waals surface area contributed by atoms with E-state index < -0.39 is 11.9 Å². The van der Waals surface area contributed by atoms with E-state index in [4.69, 9.17) is 4.98 Å². The van der Waals surface area contributed by atoms with Crippen molar-refractivity contribution in [3.05, 3.63) is 48.0 Å². The summed E-state index contributed by atoms with van der Waals surface area (Å²) in [6.45, 7) is 5.66. The lowest BCUT2D eigenvalue weighted by Gasteiger charge is -2.35. The molecule has 0 radical (unpaired) electrons. The molecule has 0 spiro atoms. The van der Waals surface area contributed by atoms with Gasteiger partial charge >= 0.3 is 6.18 Å². The van der Waals surface area contributed by atoms with Gasteiger partial charge in [0.1, 0.15) is 17.3 Å². The Balaban J connectivity index is 1.28. The number of H-pyrrole nitrogens is 1. The first-order valence-electron chi connectivity index (χ1n) is 11.7. The van der Waals surface area contributed by atoms with Crippen LogP contribution < -0.4 is 10.2 Å². The number of piperazine rings is 1. The molecule has 2 fully saturated rings. The maximum absolute atomic E-state index is 13.1. The van der Waals surface area contributed by atoms with Gasteiger partial charge < -0.3 is 14.6 Å². The average Bonchev–Trinajstić information content (AvgIpc) is 3.47. The van der Waals surface area contributed by atoms with Crippen LogP contribution in [-0.2, 0) is 6.18 Å². The van der Waals surface area contributed by atoms with E-state index in [0.29, 0.717) is 21.7 Å². The van der Waals surface area contributed by atoms with Gasteiger partial charge in [-0.15, -0.1) is 0 Å². The lowest BCUT2D eigenvalue weighted by atomic mass is 10.3. The fraction of sp³-hybridized carbons (Fsp3) is 0.391. The summed E-state index contributed by atoms with van der Waals surface area (Å²) in [6, 6.07) is 7.81. The van der Waals surface area contributed by atoms with Crippen LogP contribution in [0.3, 0.4) is 0 Å². The zero-order valence-electron chi connectivity index (χ0n) is 19.5. The summed E-state index contributed by atoms with van der Waals surface area (Å²) in [7, 11) is 0. The van der Waals surface area contributed by atoms with Gasteiger partial charge in [0, 0.05) is 67.3 Å². The highest BCUT2D eigenvalue weighted by Gasteiger charge is 2.34. The average molecular weight is 516 g/mol. The number of nitrogens with zero attached hydrogens (tertiary/aromatic N) is 7. The molecule has 5 heterocycles. The number of anilines is 3. The van der Waals surface area contributed by atoms with Gasteiger partial charge in [0.05, 0.1) is 0 Å². The van der Waals surface area contributed by atoms with Crippen LogP contribution in [0, 0.1) is 6.92 Å². The Morgan fingerprint density at radius 3 is 2.50 bits per heavy atom. The van der Waals surface area contributed by atoms with E-state index in [1.54, 1.807) is 18.3 Å². The Morgan fingerprint density at radius 2 is 1.81 bits per heavy atom. The molecule has 0 atom stereocenters. The van der Waals surface area contributed by atoms with E-state index in [0.717, 1.165) is 49.9 Å². The van der Waals surface area contributed by atoms with Gasteiger partial charge in [0.25, 0.3) is 0 Å². The fourth-order valence-electron chi connectivity index (χ4n) is 4.33.